The van der Waals surface area contributed by atoms with Gasteiger partial charge in [0.05, 0.1) is 16.3 Å². The molecule has 2 heterocycles. The molecule has 0 saturated carbocycles. The zero-order valence-electron chi connectivity index (χ0n) is 17.2. The Morgan fingerprint density at radius 3 is 2.93 bits per heavy atom. The lowest BCUT2D eigenvalue weighted by Crippen LogP contribution is -2.27. The fourth-order valence-corrected chi connectivity index (χ4v) is 6.18. The second-order valence-corrected chi connectivity index (χ2v) is 10.1. The Labute approximate surface area is 182 Å². The van der Waals surface area contributed by atoms with Crippen molar-refractivity contribution in [1.29, 1.82) is 0 Å². The monoisotopic (exact) mass is 445 g/mol. The summed E-state index contributed by atoms with van der Waals surface area (Å²) in [5.41, 5.74) is 1.28. The van der Waals surface area contributed by atoms with E-state index in [1.54, 1.807) is 35.0 Å². The van der Waals surface area contributed by atoms with Crippen LogP contribution < -0.4 is 10.9 Å². The van der Waals surface area contributed by atoms with Gasteiger partial charge in [-0.2, -0.15) is 0 Å². The van der Waals surface area contributed by atoms with Gasteiger partial charge in [-0.05, 0) is 56.7 Å². The number of aryl methyl sites for hydroxylation is 1. The van der Waals surface area contributed by atoms with Gasteiger partial charge < -0.3 is 5.32 Å². The van der Waals surface area contributed by atoms with Crippen LogP contribution in [0.25, 0.3) is 10.2 Å². The van der Waals surface area contributed by atoms with Crippen molar-refractivity contribution in [1.82, 2.24) is 9.55 Å². The minimum atomic E-state index is -0.540. The zero-order valence-corrected chi connectivity index (χ0v) is 18.8. The summed E-state index contributed by atoms with van der Waals surface area (Å²) in [4.78, 5) is 32.6. The molecule has 3 aromatic rings. The molecule has 2 unspecified atom stereocenters. The molecule has 0 spiro atoms. The van der Waals surface area contributed by atoms with Gasteiger partial charge in [0.25, 0.3) is 5.56 Å². The number of thiophene rings is 1. The molecular formula is C22H24FN3O2S2. The highest BCUT2D eigenvalue weighted by molar-refractivity contribution is 8.00. The summed E-state index contributed by atoms with van der Waals surface area (Å²) < 4.78 is 15.5. The Morgan fingerprint density at radius 2 is 2.20 bits per heavy atom. The van der Waals surface area contributed by atoms with Crippen molar-refractivity contribution in [3.63, 3.8) is 0 Å². The fraction of sp³-hybridized carbons (Fsp3) is 0.409. The predicted octanol–water partition coefficient (Wildman–Crippen LogP) is 4.86. The van der Waals surface area contributed by atoms with Gasteiger partial charge in [-0.25, -0.2) is 9.37 Å². The standard InChI is InChI=1S/C22H24FN3O2S2/c1-4-26-21(28)18-14-10-9-12(2)11-17(14)30-20(18)25-22(26)29-13(3)19(27)24-16-8-6-5-7-15(16)23/h5-8,12-13H,4,9-11H2,1-3H3,(H,24,27). The van der Waals surface area contributed by atoms with Crippen molar-refractivity contribution in [2.24, 2.45) is 5.92 Å². The molecular weight excluding hydrogens is 421 g/mol. The molecule has 1 N–H and O–H groups in total. The lowest BCUT2D eigenvalue weighted by Gasteiger charge is -2.18. The first-order valence-electron chi connectivity index (χ1n) is 10.2. The largest absolute Gasteiger partial charge is 0.323 e. The number of carbonyl (C=O) groups excluding carboxylic acids is 1. The van der Waals surface area contributed by atoms with E-state index in [-0.39, 0.29) is 17.2 Å². The minimum absolute atomic E-state index is 0.0289. The van der Waals surface area contributed by atoms with E-state index in [0.717, 1.165) is 35.0 Å². The van der Waals surface area contributed by atoms with Gasteiger partial charge in [0.15, 0.2) is 5.16 Å². The Hall–Kier alpha value is -2.19. The van der Waals surface area contributed by atoms with Crippen LogP contribution in [0.3, 0.4) is 0 Å². The third-order valence-electron chi connectivity index (χ3n) is 5.48. The zero-order chi connectivity index (χ0) is 21.4. The van der Waals surface area contributed by atoms with E-state index < -0.39 is 11.1 Å². The molecule has 0 fully saturated rings. The number of nitrogens with one attached hydrogen (secondary N) is 1. The van der Waals surface area contributed by atoms with Crippen LogP contribution >= 0.6 is 23.1 Å². The number of anilines is 1. The summed E-state index contributed by atoms with van der Waals surface area (Å²) in [6.45, 7) is 6.36. The number of aromatic nitrogens is 2. The predicted molar refractivity (Wildman–Crippen MR) is 121 cm³/mol. The summed E-state index contributed by atoms with van der Waals surface area (Å²) in [5, 5.41) is 3.35. The third kappa shape index (κ3) is 3.90. The highest BCUT2D eigenvalue weighted by atomic mass is 32.2. The first kappa shape index (κ1) is 21.1. The maximum absolute atomic E-state index is 13.8. The summed E-state index contributed by atoms with van der Waals surface area (Å²) in [6, 6.07) is 6.06. The summed E-state index contributed by atoms with van der Waals surface area (Å²) >= 11 is 2.83. The number of para-hydroxylation sites is 1. The van der Waals surface area contributed by atoms with E-state index in [9.17, 15) is 14.0 Å². The number of rotatable bonds is 5. The second-order valence-electron chi connectivity index (χ2n) is 7.70. The first-order valence-corrected chi connectivity index (χ1v) is 11.9. The van der Waals surface area contributed by atoms with Gasteiger partial charge >= 0.3 is 0 Å². The summed E-state index contributed by atoms with van der Waals surface area (Å²) in [6.07, 6.45) is 3.01. The van der Waals surface area contributed by atoms with Crippen LogP contribution in [-0.4, -0.2) is 20.7 Å². The summed E-state index contributed by atoms with van der Waals surface area (Å²) in [5.74, 6) is -0.192. The van der Waals surface area contributed by atoms with Crippen LogP contribution in [0.1, 0.15) is 37.6 Å². The van der Waals surface area contributed by atoms with Crippen LogP contribution in [0.4, 0.5) is 10.1 Å². The van der Waals surface area contributed by atoms with Crippen LogP contribution in [0, 0.1) is 11.7 Å². The second kappa shape index (κ2) is 8.51. The number of hydrogen-bond donors (Lipinski definition) is 1. The SMILES string of the molecule is CCn1c(SC(C)C(=O)Nc2ccccc2F)nc2sc3c(c2c1=O)CCC(C)C3. The van der Waals surface area contributed by atoms with Crippen molar-refractivity contribution >= 4 is 44.9 Å². The average molecular weight is 446 g/mol. The molecule has 1 aromatic carbocycles. The molecule has 5 nitrogen and oxygen atoms in total. The number of nitrogens with zero attached hydrogens (tertiary/aromatic N) is 2. The van der Waals surface area contributed by atoms with Gasteiger partial charge in [0.2, 0.25) is 5.91 Å². The molecule has 1 aliphatic carbocycles. The molecule has 2 aromatic heterocycles. The Kier molecular flexibility index (Phi) is 5.97. The van der Waals surface area contributed by atoms with Gasteiger partial charge in [-0.15, -0.1) is 11.3 Å². The molecule has 8 heteroatoms. The number of thioether (sulfide) groups is 1. The smallest absolute Gasteiger partial charge is 0.263 e. The summed E-state index contributed by atoms with van der Waals surface area (Å²) in [7, 11) is 0. The van der Waals surface area contributed by atoms with Gasteiger partial charge in [0, 0.05) is 11.4 Å². The first-order chi connectivity index (χ1) is 14.4. The van der Waals surface area contributed by atoms with Gasteiger partial charge in [-0.3, -0.25) is 14.2 Å². The number of benzene rings is 1. The van der Waals surface area contributed by atoms with Crippen molar-refractivity contribution in [3.05, 3.63) is 50.9 Å². The minimum Gasteiger partial charge on any atom is -0.323 e. The average Bonchev–Trinajstić information content (AvgIpc) is 3.07. The fourth-order valence-electron chi connectivity index (χ4n) is 3.78. The highest BCUT2D eigenvalue weighted by Crippen LogP contribution is 2.37. The Balaban J connectivity index is 1.64. The molecule has 0 saturated heterocycles. The normalized spacial score (nSPS) is 17.0. The van der Waals surface area contributed by atoms with Crippen LogP contribution in [-0.2, 0) is 24.2 Å². The quantitative estimate of drug-likeness (QED) is 0.450. The molecule has 0 bridgehead atoms. The number of fused-ring (bicyclic) bond motifs is 3. The van der Waals surface area contributed by atoms with E-state index in [4.69, 9.17) is 4.98 Å². The maximum atomic E-state index is 13.8. The topological polar surface area (TPSA) is 64.0 Å². The number of carbonyl (C=O) groups is 1. The maximum Gasteiger partial charge on any atom is 0.263 e. The van der Waals surface area contributed by atoms with E-state index in [1.165, 1.54) is 28.8 Å². The van der Waals surface area contributed by atoms with E-state index in [0.29, 0.717) is 17.6 Å². The third-order valence-corrected chi connectivity index (χ3v) is 7.72. The van der Waals surface area contributed by atoms with E-state index in [2.05, 4.69) is 12.2 Å². The molecule has 30 heavy (non-hydrogen) atoms. The Bertz CT molecular complexity index is 1170. The van der Waals surface area contributed by atoms with Gasteiger partial charge in [0.1, 0.15) is 10.6 Å². The molecule has 1 amide bonds. The molecule has 2 atom stereocenters. The molecule has 4 rings (SSSR count). The van der Waals surface area contributed by atoms with Crippen LogP contribution in [0.15, 0.2) is 34.2 Å². The van der Waals surface area contributed by atoms with Crippen molar-refractivity contribution in [2.45, 2.75) is 57.0 Å². The Morgan fingerprint density at radius 1 is 1.43 bits per heavy atom. The molecule has 0 radical (unpaired) electrons. The number of amides is 1. The van der Waals surface area contributed by atoms with Crippen LogP contribution in [0.5, 0.6) is 0 Å². The number of halogens is 1. The van der Waals surface area contributed by atoms with Crippen LogP contribution in [0.2, 0.25) is 0 Å². The lowest BCUT2D eigenvalue weighted by atomic mass is 9.89. The van der Waals surface area contributed by atoms with E-state index in [1.807, 2.05) is 6.92 Å². The van der Waals surface area contributed by atoms with Crippen molar-refractivity contribution in [3.8, 4) is 0 Å². The van der Waals surface area contributed by atoms with Crippen molar-refractivity contribution in [2.75, 3.05) is 5.32 Å². The molecule has 158 valence electrons. The number of hydrogen-bond acceptors (Lipinski definition) is 5. The van der Waals surface area contributed by atoms with Crippen molar-refractivity contribution < 1.29 is 9.18 Å². The molecule has 0 aliphatic heterocycles. The lowest BCUT2D eigenvalue weighted by molar-refractivity contribution is -0.115. The van der Waals surface area contributed by atoms with E-state index >= 15 is 0 Å². The van der Waals surface area contributed by atoms with Gasteiger partial charge in [-0.1, -0.05) is 30.8 Å². The highest BCUT2D eigenvalue weighted by Gasteiger charge is 2.26. The molecule has 1 aliphatic rings.